The van der Waals surface area contributed by atoms with Crippen LogP contribution in [0.1, 0.15) is 76.7 Å². The minimum Gasteiger partial charge on any atom is -0.497 e. The Balaban J connectivity index is 1.89. The lowest BCUT2D eigenvalue weighted by molar-refractivity contribution is -0.132. The van der Waals surface area contributed by atoms with Gasteiger partial charge in [-0.2, -0.15) is 5.10 Å². The first-order valence-electron chi connectivity index (χ1n) is 12.2. The largest absolute Gasteiger partial charge is 0.497 e. The molecule has 1 amide bonds. The third-order valence-corrected chi connectivity index (χ3v) is 6.51. The normalized spacial score (nSPS) is 14.6. The van der Waals surface area contributed by atoms with Crippen LogP contribution in [0.5, 0.6) is 5.75 Å². The predicted octanol–water partition coefficient (Wildman–Crippen LogP) is 5.34. The summed E-state index contributed by atoms with van der Waals surface area (Å²) < 4.78 is 7.12. The lowest BCUT2D eigenvalue weighted by Crippen LogP contribution is -2.36. The van der Waals surface area contributed by atoms with E-state index in [1.807, 2.05) is 23.1 Å². The molecule has 2 aromatic rings. The highest BCUT2D eigenvalue weighted by Gasteiger charge is 2.28. The monoisotopic (exact) mass is 441 g/mol. The molecule has 176 valence electrons. The topological polar surface area (TPSA) is 64.4 Å². The summed E-state index contributed by atoms with van der Waals surface area (Å²) in [4.78, 5) is 28.5. The summed E-state index contributed by atoms with van der Waals surface area (Å²) in [7, 11) is 1.62. The highest BCUT2D eigenvalue weighted by Crippen LogP contribution is 2.31. The van der Waals surface area contributed by atoms with E-state index in [-0.39, 0.29) is 24.2 Å². The Bertz CT molecular complexity index is 914. The molecule has 0 atom stereocenters. The average Bonchev–Trinajstić information content (AvgIpc) is 3.41. The zero-order valence-electron chi connectivity index (χ0n) is 20.4. The van der Waals surface area contributed by atoms with Gasteiger partial charge in [-0.1, -0.05) is 40.5 Å². The number of carbonyl (C=O) groups is 2. The van der Waals surface area contributed by atoms with Crippen LogP contribution in [0.2, 0.25) is 0 Å². The Kier molecular flexibility index (Phi) is 8.32. The fraction of sp³-hybridized carbons (Fsp3) is 0.654. The zero-order valence-corrected chi connectivity index (χ0v) is 20.4. The van der Waals surface area contributed by atoms with Crippen molar-refractivity contribution in [2.24, 2.45) is 17.8 Å². The lowest BCUT2D eigenvalue weighted by Gasteiger charge is -2.24. The van der Waals surface area contributed by atoms with E-state index in [1.54, 1.807) is 11.8 Å². The fourth-order valence-corrected chi connectivity index (χ4v) is 4.38. The molecule has 0 radical (unpaired) electrons. The van der Waals surface area contributed by atoms with Crippen LogP contribution in [0.4, 0.5) is 0 Å². The second-order valence-electron chi connectivity index (χ2n) is 9.98. The number of ether oxygens (including phenoxy) is 1. The number of aromatic nitrogens is 2. The van der Waals surface area contributed by atoms with Crippen molar-refractivity contribution in [3.63, 3.8) is 0 Å². The molecule has 0 unspecified atom stereocenters. The summed E-state index contributed by atoms with van der Waals surface area (Å²) in [6.45, 7) is 10.4. The summed E-state index contributed by atoms with van der Waals surface area (Å²) in [6, 6.07) is 5.65. The van der Waals surface area contributed by atoms with Crippen LogP contribution in [0, 0.1) is 17.8 Å². The Hall–Kier alpha value is -2.37. The molecule has 1 fully saturated rings. The number of amides is 1. The molecule has 32 heavy (non-hydrogen) atoms. The molecule has 0 N–H and O–H groups in total. The number of Topliss-reactive ketones (excluding diaryl/α,β-unsaturated/α-hetero) is 1. The van der Waals surface area contributed by atoms with Crippen LogP contribution < -0.4 is 4.74 Å². The third kappa shape index (κ3) is 5.90. The highest BCUT2D eigenvalue weighted by molar-refractivity contribution is 6.07. The van der Waals surface area contributed by atoms with Crippen LogP contribution in [0.3, 0.4) is 0 Å². The van der Waals surface area contributed by atoms with Crippen LogP contribution in [0.15, 0.2) is 18.2 Å². The Morgan fingerprint density at radius 2 is 1.72 bits per heavy atom. The van der Waals surface area contributed by atoms with Gasteiger partial charge in [-0.3, -0.25) is 14.3 Å². The SMILES string of the molecule is COc1ccc2c(C(=O)C3CCCC3)nn(CC(=O)N(CCC(C)C)CCC(C)C)c2c1. The van der Waals surface area contributed by atoms with Gasteiger partial charge < -0.3 is 9.64 Å². The average molecular weight is 442 g/mol. The van der Waals surface area contributed by atoms with Crippen molar-refractivity contribution < 1.29 is 14.3 Å². The van der Waals surface area contributed by atoms with Crippen molar-refractivity contribution in [1.82, 2.24) is 14.7 Å². The summed E-state index contributed by atoms with van der Waals surface area (Å²) in [5.41, 5.74) is 1.28. The van der Waals surface area contributed by atoms with Crippen LogP contribution in [0.25, 0.3) is 10.9 Å². The predicted molar refractivity (Wildman–Crippen MR) is 128 cm³/mol. The van der Waals surface area contributed by atoms with Gasteiger partial charge in [0.1, 0.15) is 18.0 Å². The number of fused-ring (bicyclic) bond motifs is 1. The quantitative estimate of drug-likeness (QED) is 0.442. The van der Waals surface area contributed by atoms with Gasteiger partial charge in [0.25, 0.3) is 0 Å². The molecular formula is C26H39N3O3. The van der Waals surface area contributed by atoms with Gasteiger partial charge in [0.15, 0.2) is 5.78 Å². The van der Waals surface area contributed by atoms with E-state index < -0.39 is 0 Å². The molecule has 1 aliphatic carbocycles. The Morgan fingerprint density at radius 3 is 2.28 bits per heavy atom. The second-order valence-corrected chi connectivity index (χ2v) is 9.98. The lowest BCUT2D eigenvalue weighted by atomic mass is 9.98. The molecule has 0 saturated heterocycles. The Labute approximate surface area is 192 Å². The zero-order chi connectivity index (χ0) is 23.3. The molecule has 1 heterocycles. The molecule has 0 bridgehead atoms. The van der Waals surface area contributed by atoms with Crippen molar-refractivity contribution in [3.05, 3.63) is 23.9 Å². The van der Waals surface area contributed by atoms with Crippen LogP contribution in [-0.4, -0.2) is 46.6 Å². The van der Waals surface area contributed by atoms with Gasteiger partial charge in [-0.15, -0.1) is 0 Å². The van der Waals surface area contributed by atoms with Gasteiger partial charge in [0.2, 0.25) is 5.91 Å². The van der Waals surface area contributed by atoms with Crippen molar-refractivity contribution in [2.45, 2.75) is 72.8 Å². The molecule has 0 spiro atoms. The van der Waals surface area contributed by atoms with E-state index >= 15 is 0 Å². The first-order chi connectivity index (χ1) is 15.3. The summed E-state index contributed by atoms with van der Waals surface area (Å²) in [5, 5.41) is 5.50. The maximum atomic E-state index is 13.3. The maximum Gasteiger partial charge on any atom is 0.244 e. The summed E-state index contributed by atoms with van der Waals surface area (Å²) >= 11 is 0. The first kappa shape index (κ1) is 24.3. The molecule has 1 aromatic heterocycles. The molecule has 1 saturated carbocycles. The van der Waals surface area contributed by atoms with Gasteiger partial charge in [0, 0.05) is 30.5 Å². The van der Waals surface area contributed by atoms with Crippen molar-refractivity contribution in [3.8, 4) is 5.75 Å². The van der Waals surface area contributed by atoms with E-state index in [0.717, 1.165) is 62.5 Å². The standard InChI is InChI=1S/C26H39N3O3/c1-18(2)12-14-28(15-13-19(3)4)24(30)17-29-23-16-21(32-5)10-11-22(23)25(27-29)26(31)20-8-6-7-9-20/h10-11,16,18-20H,6-9,12-15,17H2,1-5H3. The number of methoxy groups -OCH3 is 1. The minimum absolute atomic E-state index is 0.0490. The molecule has 1 aromatic carbocycles. The number of nitrogens with zero attached hydrogens (tertiary/aromatic N) is 3. The number of carbonyl (C=O) groups excluding carboxylic acids is 2. The van der Waals surface area contributed by atoms with E-state index in [0.29, 0.717) is 23.3 Å². The number of ketones is 1. The summed E-state index contributed by atoms with van der Waals surface area (Å²) in [6.07, 6.45) is 6.01. The van der Waals surface area contributed by atoms with Crippen molar-refractivity contribution in [1.29, 1.82) is 0 Å². The first-order valence-corrected chi connectivity index (χ1v) is 12.2. The van der Waals surface area contributed by atoms with E-state index in [1.165, 1.54) is 0 Å². The summed E-state index contributed by atoms with van der Waals surface area (Å²) in [5.74, 6) is 1.98. The van der Waals surface area contributed by atoms with E-state index in [4.69, 9.17) is 4.74 Å². The minimum atomic E-state index is 0.0490. The number of rotatable bonds is 11. The van der Waals surface area contributed by atoms with Gasteiger partial charge in [-0.05, 0) is 49.7 Å². The second kappa shape index (κ2) is 11.0. The Morgan fingerprint density at radius 1 is 1.09 bits per heavy atom. The molecule has 3 rings (SSSR count). The van der Waals surface area contributed by atoms with Gasteiger partial charge >= 0.3 is 0 Å². The smallest absolute Gasteiger partial charge is 0.244 e. The molecule has 6 nitrogen and oxygen atoms in total. The number of hydrogen-bond donors (Lipinski definition) is 0. The van der Waals surface area contributed by atoms with Crippen molar-refractivity contribution >= 4 is 22.6 Å². The van der Waals surface area contributed by atoms with Gasteiger partial charge in [-0.25, -0.2) is 0 Å². The van der Waals surface area contributed by atoms with E-state index in [2.05, 4.69) is 32.8 Å². The molecule has 0 aliphatic heterocycles. The molecular weight excluding hydrogens is 402 g/mol. The number of benzene rings is 1. The maximum absolute atomic E-state index is 13.3. The van der Waals surface area contributed by atoms with Crippen LogP contribution >= 0.6 is 0 Å². The molecule has 6 heteroatoms. The van der Waals surface area contributed by atoms with Crippen molar-refractivity contribution in [2.75, 3.05) is 20.2 Å². The fourth-order valence-electron chi connectivity index (χ4n) is 4.38. The van der Waals surface area contributed by atoms with E-state index in [9.17, 15) is 9.59 Å². The third-order valence-electron chi connectivity index (χ3n) is 6.51. The van der Waals surface area contributed by atoms with Gasteiger partial charge in [0.05, 0.1) is 12.6 Å². The highest BCUT2D eigenvalue weighted by atomic mass is 16.5. The van der Waals surface area contributed by atoms with Crippen LogP contribution in [-0.2, 0) is 11.3 Å². The molecule has 1 aliphatic rings. The number of hydrogen-bond acceptors (Lipinski definition) is 4.